The fourth-order valence-electron chi connectivity index (χ4n) is 2.37. The molecular formula is C17H20BN3O4. The van der Waals surface area contributed by atoms with Gasteiger partial charge in [-0.1, -0.05) is 0 Å². The van der Waals surface area contributed by atoms with Crippen molar-refractivity contribution in [3.63, 3.8) is 0 Å². The number of pyridine rings is 2. The summed E-state index contributed by atoms with van der Waals surface area (Å²) in [6, 6.07) is 4.72. The van der Waals surface area contributed by atoms with Gasteiger partial charge in [0.05, 0.1) is 28.6 Å². The van der Waals surface area contributed by atoms with Crippen LogP contribution < -0.4 is 10.9 Å². The maximum atomic E-state index is 12.3. The van der Waals surface area contributed by atoms with Gasteiger partial charge in [0.15, 0.2) is 0 Å². The minimum Gasteiger partial charge on any atom is -0.506 e. The third-order valence-electron chi connectivity index (χ3n) is 4.52. The molecule has 8 heteroatoms. The fourth-order valence-corrected chi connectivity index (χ4v) is 2.37. The lowest BCUT2D eigenvalue weighted by Gasteiger charge is -2.32. The van der Waals surface area contributed by atoms with E-state index in [1.54, 1.807) is 18.3 Å². The molecule has 130 valence electrons. The van der Waals surface area contributed by atoms with E-state index >= 15 is 0 Å². The van der Waals surface area contributed by atoms with Crippen LogP contribution in [0.15, 0.2) is 36.8 Å². The third kappa shape index (κ3) is 3.50. The molecule has 25 heavy (non-hydrogen) atoms. The van der Waals surface area contributed by atoms with Crippen LogP contribution in [0, 0.1) is 0 Å². The van der Waals surface area contributed by atoms with E-state index < -0.39 is 18.3 Å². The van der Waals surface area contributed by atoms with E-state index in [2.05, 4.69) is 15.3 Å². The Morgan fingerprint density at radius 3 is 2.48 bits per heavy atom. The highest BCUT2D eigenvalue weighted by Gasteiger charge is 2.52. The summed E-state index contributed by atoms with van der Waals surface area (Å²) >= 11 is 0. The molecule has 2 aromatic rings. The Kier molecular flexibility index (Phi) is 4.26. The molecule has 1 saturated heterocycles. The highest BCUT2D eigenvalue weighted by atomic mass is 16.7. The minimum atomic E-state index is -0.607. The van der Waals surface area contributed by atoms with Crippen molar-refractivity contribution in [2.24, 2.45) is 0 Å². The molecule has 1 aliphatic heterocycles. The molecule has 0 unspecified atom stereocenters. The van der Waals surface area contributed by atoms with Gasteiger partial charge in [0, 0.05) is 18.1 Å². The van der Waals surface area contributed by atoms with Gasteiger partial charge in [-0.15, -0.1) is 0 Å². The largest absolute Gasteiger partial charge is 0.514 e. The van der Waals surface area contributed by atoms with Gasteiger partial charge >= 0.3 is 7.12 Å². The summed E-state index contributed by atoms with van der Waals surface area (Å²) < 4.78 is 11.9. The smallest absolute Gasteiger partial charge is 0.506 e. The number of hydrogen-bond acceptors (Lipinski definition) is 6. The van der Waals surface area contributed by atoms with Gasteiger partial charge in [0.2, 0.25) is 0 Å². The lowest BCUT2D eigenvalue weighted by atomic mass is 9.84. The number of anilines is 1. The van der Waals surface area contributed by atoms with Crippen molar-refractivity contribution in [1.29, 1.82) is 0 Å². The van der Waals surface area contributed by atoms with E-state index in [1.165, 1.54) is 18.5 Å². The molecule has 3 rings (SSSR count). The zero-order valence-electron chi connectivity index (χ0n) is 14.6. The molecule has 2 N–H and O–H groups in total. The van der Waals surface area contributed by atoms with Crippen LogP contribution in [0.4, 0.5) is 5.69 Å². The van der Waals surface area contributed by atoms with Crippen LogP contribution in [0.3, 0.4) is 0 Å². The first kappa shape index (κ1) is 17.4. The van der Waals surface area contributed by atoms with Crippen molar-refractivity contribution < 1.29 is 19.2 Å². The number of amides is 1. The quantitative estimate of drug-likeness (QED) is 0.826. The van der Waals surface area contributed by atoms with Crippen molar-refractivity contribution >= 4 is 24.3 Å². The summed E-state index contributed by atoms with van der Waals surface area (Å²) in [5.41, 5.74) is 0.449. The highest BCUT2D eigenvalue weighted by molar-refractivity contribution is 6.61. The Balaban J connectivity index is 1.78. The van der Waals surface area contributed by atoms with Gasteiger partial charge in [-0.2, -0.15) is 0 Å². The molecule has 0 aromatic carbocycles. The molecule has 1 amide bonds. The summed E-state index contributed by atoms with van der Waals surface area (Å²) in [4.78, 5) is 20.3. The summed E-state index contributed by atoms with van der Waals surface area (Å²) in [6.07, 6.45) is 4.22. The number of carbonyl (C=O) groups excluding carboxylic acids is 1. The lowest BCUT2D eigenvalue weighted by Crippen LogP contribution is -2.41. The predicted molar refractivity (Wildman–Crippen MR) is 93.8 cm³/mol. The Morgan fingerprint density at radius 1 is 1.16 bits per heavy atom. The van der Waals surface area contributed by atoms with Crippen LogP contribution in [0.1, 0.15) is 38.1 Å². The molecule has 0 spiro atoms. The second-order valence-electron chi connectivity index (χ2n) is 6.94. The average molecular weight is 341 g/mol. The molecule has 0 bridgehead atoms. The first-order valence-corrected chi connectivity index (χ1v) is 7.95. The molecule has 1 aliphatic rings. The Morgan fingerprint density at radius 2 is 1.84 bits per heavy atom. The van der Waals surface area contributed by atoms with Crippen LogP contribution >= 0.6 is 0 Å². The Labute approximate surface area is 146 Å². The Bertz CT molecular complexity index is 794. The monoisotopic (exact) mass is 341 g/mol. The van der Waals surface area contributed by atoms with Gasteiger partial charge < -0.3 is 19.7 Å². The van der Waals surface area contributed by atoms with Gasteiger partial charge in [0.25, 0.3) is 5.91 Å². The number of carbonyl (C=O) groups is 1. The number of hydrogen-bond donors (Lipinski definition) is 2. The standard InChI is InChI=1S/C17H20BN3O4/c1-16(2)17(3,4)25-18(24-16)14-8-12(5-6-20-14)21-15(23)11-7-13(22)10-19-9-11/h5-10,22H,1-4H3,(H,20,21,23). The van der Waals surface area contributed by atoms with Gasteiger partial charge in [-0.25, -0.2) is 0 Å². The first-order valence-electron chi connectivity index (χ1n) is 7.95. The van der Waals surface area contributed by atoms with E-state index in [1.807, 2.05) is 27.7 Å². The van der Waals surface area contributed by atoms with Crippen molar-refractivity contribution in [3.8, 4) is 5.75 Å². The summed E-state index contributed by atoms with van der Waals surface area (Å²) in [5.74, 6) is -0.449. The molecule has 0 atom stereocenters. The summed E-state index contributed by atoms with van der Waals surface area (Å²) in [6.45, 7) is 7.86. The zero-order valence-corrected chi connectivity index (χ0v) is 14.6. The van der Waals surface area contributed by atoms with E-state index in [-0.39, 0.29) is 17.2 Å². The van der Waals surface area contributed by atoms with E-state index in [0.717, 1.165) is 0 Å². The summed E-state index contributed by atoms with van der Waals surface area (Å²) in [7, 11) is -0.607. The Hall–Kier alpha value is -2.45. The van der Waals surface area contributed by atoms with Gasteiger partial charge in [-0.05, 0) is 45.9 Å². The normalized spacial score (nSPS) is 18.2. The topological polar surface area (TPSA) is 93.6 Å². The molecular weight excluding hydrogens is 321 g/mol. The van der Waals surface area contributed by atoms with Crippen LogP contribution in [-0.4, -0.2) is 39.3 Å². The third-order valence-corrected chi connectivity index (χ3v) is 4.52. The van der Waals surface area contributed by atoms with Gasteiger partial charge in [0.1, 0.15) is 5.75 Å². The van der Waals surface area contributed by atoms with Crippen LogP contribution in [0.2, 0.25) is 0 Å². The van der Waals surface area contributed by atoms with E-state index in [4.69, 9.17) is 9.31 Å². The average Bonchev–Trinajstić information content (AvgIpc) is 2.76. The predicted octanol–water partition coefficient (Wildman–Crippen LogP) is 1.73. The number of rotatable bonds is 3. The van der Waals surface area contributed by atoms with Crippen molar-refractivity contribution in [3.05, 3.63) is 42.4 Å². The van der Waals surface area contributed by atoms with Crippen molar-refractivity contribution in [1.82, 2.24) is 9.97 Å². The lowest BCUT2D eigenvalue weighted by molar-refractivity contribution is 0.00578. The number of aromatic hydroxyl groups is 1. The highest BCUT2D eigenvalue weighted by Crippen LogP contribution is 2.36. The maximum Gasteiger partial charge on any atom is 0.514 e. The summed E-state index contributed by atoms with van der Waals surface area (Å²) in [5, 5.41) is 12.2. The second-order valence-corrected chi connectivity index (χ2v) is 6.94. The fraction of sp³-hybridized carbons (Fsp3) is 0.353. The van der Waals surface area contributed by atoms with E-state index in [9.17, 15) is 9.90 Å². The van der Waals surface area contributed by atoms with Crippen molar-refractivity contribution in [2.45, 2.75) is 38.9 Å². The van der Waals surface area contributed by atoms with Gasteiger partial charge in [-0.3, -0.25) is 14.8 Å². The maximum absolute atomic E-state index is 12.3. The van der Waals surface area contributed by atoms with E-state index in [0.29, 0.717) is 11.3 Å². The van der Waals surface area contributed by atoms with Crippen LogP contribution in [-0.2, 0) is 9.31 Å². The first-order chi connectivity index (χ1) is 11.7. The SMILES string of the molecule is CC1(C)OB(c2cc(NC(=O)c3cncc(O)c3)ccn2)OC1(C)C. The minimum absolute atomic E-state index is 0.0692. The molecule has 0 aliphatic carbocycles. The molecule has 2 aromatic heterocycles. The van der Waals surface area contributed by atoms with Crippen LogP contribution in [0.25, 0.3) is 0 Å². The number of nitrogens with one attached hydrogen (secondary N) is 1. The molecule has 0 radical (unpaired) electrons. The number of aromatic nitrogens is 2. The van der Waals surface area contributed by atoms with Crippen LogP contribution in [0.5, 0.6) is 5.75 Å². The number of nitrogens with zero attached hydrogens (tertiary/aromatic N) is 2. The second kappa shape index (κ2) is 6.13. The zero-order chi connectivity index (χ0) is 18.2. The molecule has 0 saturated carbocycles. The molecule has 7 nitrogen and oxygen atoms in total. The molecule has 3 heterocycles. The molecule has 1 fully saturated rings. The van der Waals surface area contributed by atoms with Crippen molar-refractivity contribution in [2.75, 3.05) is 5.32 Å².